The molecule has 0 unspecified atom stereocenters. The molecule has 0 atom stereocenters. The van der Waals surface area contributed by atoms with Gasteiger partial charge in [-0.25, -0.2) is 4.79 Å². The molecule has 2 aromatic rings. The van der Waals surface area contributed by atoms with Crippen LogP contribution >= 0.6 is 0 Å². The zero-order chi connectivity index (χ0) is 17.2. The molecule has 0 saturated heterocycles. The van der Waals surface area contributed by atoms with Crippen molar-refractivity contribution in [1.82, 2.24) is 4.57 Å². The van der Waals surface area contributed by atoms with Gasteiger partial charge in [-0.3, -0.25) is 4.79 Å². The van der Waals surface area contributed by atoms with E-state index in [0.717, 1.165) is 12.1 Å². The molecular formula is C16H16F3NO3. The first-order chi connectivity index (χ1) is 10.8. The van der Waals surface area contributed by atoms with Gasteiger partial charge in [0.05, 0.1) is 17.7 Å². The number of hydrogen-bond donors (Lipinski definition) is 0. The average molecular weight is 327 g/mol. The Morgan fingerprint density at radius 1 is 1.26 bits per heavy atom. The van der Waals surface area contributed by atoms with Crippen molar-refractivity contribution in [3.8, 4) is 0 Å². The molecule has 124 valence electrons. The minimum atomic E-state index is -4.56. The summed E-state index contributed by atoms with van der Waals surface area (Å²) in [6.07, 6.45) is -2.52. The maximum Gasteiger partial charge on any atom is 0.416 e. The molecule has 4 nitrogen and oxygen atoms in total. The van der Waals surface area contributed by atoms with Crippen LogP contribution in [0, 0.1) is 0 Å². The zero-order valence-corrected chi connectivity index (χ0v) is 12.7. The van der Waals surface area contributed by atoms with Gasteiger partial charge in [0.2, 0.25) is 5.43 Å². The molecule has 0 N–H and O–H groups in total. The van der Waals surface area contributed by atoms with Gasteiger partial charge in [0.1, 0.15) is 5.56 Å². The number of aryl methyl sites for hydroxylation is 1. The van der Waals surface area contributed by atoms with E-state index in [0.29, 0.717) is 18.5 Å². The monoisotopic (exact) mass is 327 g/mol. The number of benzene rings is 1. The molecular weight excluding hydrogens is 311 g/mol. The number of carbonyl (C=O) groups is 1. The molecule has 0 fully saturated rings. The molecule has 7 heteroatoms. The second kappa shape index (κ2) is 6.44. The molecule has 0 bridgehead atoms. The summed E-state index contributed by atoms with van der Waals surface area (Å²) in [4.78, 5) is 24.3. The van der Waals surface area contributed by atoms with Crippen molar-refractivity contribution in [2.45, 2.75) is 33.0 Å². The Balaban J connectivity index is 2.77. The highest BCUT2D eigenvalue weighted by Gasteiger charge is 2.31. The number of ether oxygens (including phenoxy) is 1. The van der Waals surface area contributed by atoms with Gasteiger partial charge in [0.25, 0.3) is 0 Å². The Morgan fingerprint density at radius 2 is 1.96 bits per heavy atom. The lowest BCUT2D eigenvalue weighted by molar-refractivity contribution is -0.137. The maximum atomic E-state index is 12.9. The van der Waals surface area contributed by atoms with Crippen molar-refractivity contribution >= 4 is 16.9 Å². The molecule has 0 radical (unpaired) electrons. The van der Waals surface area contributed by atoms with Crippen LogP contribution in [0.3, 0.4) is 0 Å². The third-order valence-corrected chi connectivity index (χ3v) is 3.37. The van der Waals surface area contributed by atoms with E-state index in [4.69, 9.17) is 4.74 Å². The van der Waals surface area contributed by atoms with Crippen LogP contribution in [0.2, 0.25) is 0 Å². The summed E-state index contributed by atoms with van der Waals surface area (Å²) in [5.41, 5.74) is -1.58. The molecule has 0 amide bonds. The van der Waals surface area contributed by atoms with Crippen LogP contribution in [-0.4, -0.2) is 17.1 Å². The first-order valence-electron chi connectivity index (χ1n) is 7.21. The molecule has 0 aliphatic heterocycles. The molecule has 1 aromatic heterocycles. The summed E-state index contributed by atoms with van der Waals surface area (Å²) in [5, 5.41) is -0.140. The molecule has 0 aliphatic carbocycles. The van der Waals surface area contributed by atoms with Gasteiger partial charge in [-0.15, -0.1) is 0 Å². The first-order valence-corrected chi connectivity index (χ1v) is 7.21. The molecule has 0 spiro atoms. The van der Waals surface area contributed by atoms with Gasteiger partial charge in [-0.1, -0.05) is 6.92 Å². The van der Waals surface area contributed by atoms with Crippen LogP contribution in [0.4, 0.5) is 13.2 Å². The van der Waals surface area contributed by atoms with Gasteiger partial charge in [-0.2, -0.15) is 13.2 Å². The van der Waals surface area contributed by atoms with Gasteiger partial charge < -0.3 is 9.30 Å². The van der Waals surface area contributed by atoms with Crippen LogP contribution in [-0.2, 0) is 17.5 Å². The number of nitrogens with zero attached hydrogens (tertiary/aromatic N) is 1. The fourth-order valence-electron chi connectivity index (χ4n) is 2.35. The second-order valence-electron chi connectivity index (χ2n) is 5.02. The third kappa shape index (κ3) is 3.38. The first kappa shape index (κ1) is 17.1. The Labute approximate surface area is 130 Å². The largest absolute Gasteiger partial charge is 0.462 e. The number of fused-ring (bicyclic) bond motifs is 1. The molecule has 0 saturated carbocycles. The Kier molecular flexibility index (Phi) is 4.77. The molecule has 1 aromatic carbocycles. The van der Waals surface area contributed by atoms with Crippen molar-refractivity contribution in [1.29, 1.82) is 0 Å². The second-order valence-corrected chi connectivity index (χ2v) is 5.02. The summed E-state index contributed by atoms with van der Waals surface area (Å²) in [6, 6.07) is 2.97. The van der Waals surface area contributed by atoms with E-state index < -0.39 is 23.1 Å². The summed E-state index contributed by atoms with van der Waals surface area (Å²) < 4.78 is 45.0. The normalized spacial score (nSPS) is 11.7. The fraction of sp³-hybridized carbons (Fsp3) is 0.375. The minimum Gasteiger partial charge on any atom is -0.462 e. The topological polar surface area (TPSA) is 48.3 Å². The van der Waals surface area contributed by atoms with Crippen molar-refractivity contribution in [3.05, 3.63) is 45.7 Å². The van der Waals surface area contributed by atoms with E-state index in [9.17, 15) is 22.8 Å². The number of rotatable bonds is 4. The standard InChI is InChI=1S/C16H16F3NO3/c1-3-7-20-9-12(15(22)23-4-2)14(21)11-8-10(16(17,18)19)5-6-13(11)20/h5-6,8-9H,3-4,7H2,1-2H3. The van der Waals surface area contributed by atoms with E-state index in [1.807, 2.05) is 6.92 Å². The van der Waals surface area contributed by atoms with E-state index >= 15 is 0 Å². The molecule has 1 heterocycles. The lowest BCUT2D eigenvalue weighted by Crippen LogP contribution is -2.21. The van der Waals surface area contributed by atoms with E-state index in [1.165, 1.54) is 12.3 Å². The van der Waals surface area contributed by atoms with Crippen LogP contribution in [0.15, 0.2) is 29.2 Å². The van der Waals surface area contributed by atoms with Crippen LogP contribution in [0.25, 0.3) is 10.9 Å². The minimum absolute atomic E-state index is 0.0761. The SMILES string of the molecule is CCCn1cc(C(=O)OCC)c(=O)c2cc(C(F)(F)F)ccc21. The van der Waals surface area contributed by atoms with E-state index in [2.05, 4.69) is 0 Å². The number of hydrogen-bond acceptors (Lipinski definition) is 3. The summed E-state index contributed by atoms with van der Waals surface area (Å²) in [5.74, 6) is -0.832. The average Bonchev–Trinajstić information content (AvgIpc) is 2.49. The number of pyridine rings is 1. The third-order valence-electron chi connectivity index (χ3n) is 3.37. The van der Waals surface area contributed by atoms with Gasteiger partial charge >= 0.3 is 12.1 Å². The van der Waals surface area contributed by atoms with Gasteiger partial charge in [0, 0.05) is 18.1 Å². The summed E-state index contributed by atoms with van der Waals surface area (Å²) in [6.45, 7) is 4.02. The van der Waals surface area contributed by atoms with E-state index in [1.54, 1.807) is 11.5 Å². The van der Waals surface area contributed by atoms with Gasteiger partial charge in [0.15, 0.2) is 0 Å². The maximum absolute atomic E-state index is 12.9. The smallest absolute Gasteiger partial charge is 0.416 e. The van der Waals surface area contributed by atoms with Crippen LogP contribution < -0.4 is 5.43 Å². The quantitative estimate of drug-likeness (QED) is 0.806. The lowest BCUT2D eigenvalue weighted by atomic mass is 10.1. The predicted molar refractivity (Wildman–Crippen MR) is 79.5 cm³/mol. The zero-order valence-electron chi connectivity index (χ0n) is 12.7. The molecule has 0 aliphatic rings. The van der Waals surface area contributed by atoms with Crippen LogP contribution in [0.1, 0.15) is 36.2 Å². The number of alkyl halides is 3. The highest BCUT2D eigenvalue weighted by Crippen LogP contribution is 2.30. The van der Waals surface area contributed by atoms with Gasteiger partial charge in [-0.05, 0) is 31.5 Å². The van der Waals surface area contributed by atoms with Crippen molar-refractivity contribution < 1.29 is 22.7 Å². The van der Waals surface area contributed by atoms with Crippen LogP contribution in [0.5, 0.6) is 0 Å². The Morgan fingerprint density at radius 3 is 2.52 bits per heavy atom. The summed E-state index contributed by atoms with van der Waals surface area (Å²) in [7, 11) is 0. The lowest BCUT2D eigenvalue weighted by Gasteiger charge is -2.14. The van der Waals surface area contributed by atoms with Crippen molar-refractivity contribution in [2.75, 3.05) is 6.61 Å². The number of aromatic nitrogens is 1. The fourth-order valence-corrected chi connectivity index (χ4v) is 2.35. The molecule has 23 heavy (non-hydrogen) atoms. The number of esters is 1. The Hall–Kier alpha value is -2.31. The number of halogens is 3. The van der Waals surface area contributed by atoms with Crippen molar-refractivity contribution in [3.63, 3.8) is 0 Å². The highest BCUT2D eigenvalue weighted by atomic mass is 19.4. The number of carbonyl (C=O) groups excluding carboxylic acids is 1. The Bertz CT molecular complexity index is 793. The molecule has 2 rings (SSSR count). The van der Waals surface area contributed by atoms with Crippen molar-refractivity contribution in [2.24, 2.45) is 0 Å². The van der Waals surface area contributed by atoms with E-state index in [-0.39, 0.29) is 17.6 Å². The predicted octanol–water partition coefficient (Wildman–Crippen LogP) is 3.61. The summed E-state index contributed by atoms with van der Waals surface area (Å²) >= 11 is 0. The highest BCUT2D eigenvalue weighted by molar-refractivity contribution is 5.94.